The van der Waals surface area contributed by atoms with Gasteiger partial charge in [-0.05, 0) is 91.5 Å². The largest absolute Gasteiger partial charge is 0.496 e. The SMILES string of the molecule is CCc1cc(-c2ccc(CS(=O)(=O)c3ccccc3C)cc2OC)cc2cnc(NC3CCC(CC)CC3)nc12. The lowest BCUT2D eigenvalue weighted by molar-refractivity contribution is 0.329. The smallest absolute Gasteiger partial charge is 0.223 e. The Labute approximate surface area is 238 Å². The first-order valence-corrected chi connectivity index (χ1v) is 16.0. The van der Waals surface area contributed by atoms with Crippen LogP contribution in [-0.2, 0) is 22.0 Å². The number of anilines is 1. The molecule has 210 valence electrons. The average Bonchev–Trinajstić information content (AvgIpc) is 2.97. The van der Waals surface area contributed by atoms with Crippen LogP contribution in [0, 0.1) is 12.8 Å². The van der Waals surface area contributed by atoms with Crippen LogP contribution in [0.15, 0.2) is 65.7 Å². The number of benzene rings is 3. The van der Waals surface area contributed by atoms with Crippen molar-refractivity contribution in [2.24, 2.45) is 5.92 Å². The van der Waals surface area contributed by atoms with Gasteiger partial charge in [-0.1, -0.05) is 50.6 Å². The van der Waals surface area contributed by atoms with Gasteiger partial charge in [-0.15, -0.1) is 0 Å². The Morgan fingerprint density at radius 1 is 1.00 bits per heavy atom. The highest BCUT2D eigenvalue weighted by Crippen LogP contribution is 2.35. The van der Waals surface area contributed by atoms with Gasteiger partial charge in [-0.3, -0.25) is 0 Å². The number of fused-ring (bicyclic) bond motifs is 1. The maximum atomic E-state index is 13.1. The maximum absolute atomic E-state index is 13.1. The Bertz CT molecular complexity index is 1610. The highest BCUT2D eigenvalue weighted by Gasteiger charge is 2.22. The summed E-state index contributed by atoms with van der Waals surface area (Å²) in [6.45, 7) is 6.24. The molecule has 1 aliphatic rings. The van der Waals surface area contributed by atoms with Crippen LogP contribution in [-0.4, -0.2) is 31.5 Å². The van der Waals surface area contributed by atoms with E-state index in [0.717, 1.165) is 45.5 Å². The third-order valence-corrected chi connectivity index (χ3v) is 10.1. The Morgan fingerprint density at radius 3 is 2.48 bits per heavy atom. The molecule has 0 atom stereocenters. The summed E-state index contributed by atoms with van der Waals surface area (Å²) < 4.78 is 32.0. The van der Waals surface area contributed by atoms with Gasteiger partial charge in [0.25, 0.3) is 0 Å². The van der Waals surface area contributed by atoms with Gasteiger partial charge in [0, 0.05) is 23.2 Å². The number of aromatic nitrogens is 2. The van der Waals surface area contributed by atoms with Crippen molar-refractivity contribution in [3.63, 3.8) is 0 Å². The highest BCUT2D eigenvalue weighted by atomic mass is 32.2. The Hall–Kier alpha value is -3.45. The molecule has 0 saturated heterocycles. The number of hydrogen-bond donors (Lipinski definition) is 1. The normalized spacial score (nSPS) is 17.6. The van der Waals surface area contributed by atoms with E-state index in [1.54, 1.807) is 19.2 Å². The van der Waals surface area contributed by atoms with E-state index in [2.05, 4.69) is 36.3 Å². The minimum atomic E-state index is -3.48. The zero-order chi connectivity index (χ0) is 28.3. The molecule has 0 unspecified atom stereocenters. The van der Waals surface area contributed by atoms with Crippen LogP contribution in [0.3, 0.4) is 0 Å². The van der Waals surface area contributed by atoms with E-state index in [9.17, 15) is 8.42 Å². The third-order valence-electron chi connectivity index (χ3n) is 8.26. The van der Waals surface area contributed by atoms with Crippen LogP contribution >= 0.6 is 0 Å². The van der Waals surface area contributed by atoms with Crippen LogP contribution < -0.4 is 10.1 Å². The number of hydrogen-bond acceptors (Lipinski definition) is 6. The van der Waals surface area contributed by atoms with Crippen molar-refractivity contribution in [1.29, 1.82) is 0 Å². The van der Waals surface area contributed by atoms with Crippen LogP contribution in [0.2, 0.25) is 0 Å². The summed E-state index contributed by atoms with van der Waals surface area (Å²) in [5.74, 6) is 2.10. The first-order valence-electron chi connectivity index (χ1n) is 14.3. The van der Waals surface area contributed by atoms with Crippen LogP contribution in [0.1, 0.15) is 62.6 Å². The third kappa shape index (κ3) is 5.99. The molecule has 0 amide bonds. The summed E-state index contributed by atoms with van der Waals surface area (Å²) >= 11 is 0. The van der Waals surface area contributed by atoms with Gasteiger partial charge < -0.3 is 10.1 Å². The van der Waals surface area contributed by atoms with E-state index in [0.29, 0.717) is 28.2 Å². The van der Waals surface area contributed by atoms with E-state index < -0.39 is 9.84 Å². The van der Waals surface area contributed by atoms with Crippen LogP contribution in [0.25, 0.3) is 22.0 Å². The quantitative estimate of drug-likeness (QED) is 0.229. The van der Waals surface area contributed by atoms with Crippen molar-refractivity contribution in [2.75, 3.05) is 12.4 Å². The van der Waals surface area contributed by atoms with Gasteiger partial charge >= 0.3 is 0 Å². The van der Waals surface area contributed by atoms with Crippen LogP contribution in [0.5, 0.6) is 5.75 Å². The van der Waals surface area contributed by atoms with Crippen molar-refractivity contribution in [1.82, 2.24) is 9.97 Å². The van der Waals surface area contributed by atoms with Crippen LogP contribution in [0.4, 0.5) is 5.95 Å². The highest BCUT2D eigenvalue weighted by molar-refractivity contribution is 7.90. The monoisotopic (exact) mass is 557 g/mol. The lowest BCUT2D eigenvalue weighted by atomic mass is 9.85. The summed E-state index contributed by atoms with van der Waals surface area (Å²) in [4.78, 5) is 9.95. The number of aryl methyl sites for hydroxylation is 2. The molecule has 0 spiro atoms. The fourth-order valence-electron chi connectivity index (χ4n) is 5.88. The van der Waals surface area contributed by atoms with Gasteiger partial charge in [-0.25, -0.2) is 18.4 Å². The van der Waals surface area contributed by atoms with E-state index >= 15 is 0 Å². The number of rotatable bonds is 9. The lowest BCUT2D eigenvalue weighted by Crippen LogP contribution is -2.26. The number of methoxy groups -OCH3 is 1. The minimum Gasteiger partial charge on any atom is -0.496 e. The van der Waals surface area contributed by atoms with Crippen molar-refractivity contribution in [3.05, 3.63) is 77.5 Å². The minimum absolute atomic E-state index is 0.0872. The van der Waals surface area contributed by atoms with Gasteiger partial charge in [0.05, 0.1) is 23.3 Å². The standard InChI is InChI=1S/C33H39N3O3S/c1-5-23-11-14-28(15-12-23)35-33-34-20-27-19-26(18-25(6-2)32(27)36-33)29-16-13-24(17-30(29)39-4)21-40(37,38)31-10-8-7-9-22(31)3/h7-10,13,16-20,23,28H,5-6,11-12,14-15,21H2,1-4H3,(H,34,35,36). The number of ether oxygens (including phenoxy) is 1. The molecule has 0 bridgehead atoms. The second kappa shape index (κ2) is 12.0. The van der Waals surface area contributed by atoms with Crippen molar-refractivity contribution < 1.29 is 13.2 Å². The van der Waals surface area contributed by atoms with E-state index in [1.807, 2.05) is 43.5 Å². The van der Waals surface area contributed by atoms with E-state index in [-0.39, 0.29) is 5.75 Å². The molecule has 1 aromatic heterocycles. The van der Waals surface area contributed by atoms with Crippen molar-refractivity contribution in [2.45, 2.75) is 76.0 Å². The summed E-state index contributed by atoms with van der Waals surface area (Å²) in [6, 6.07) is 17.4. The van der Waals surface area contributed by atoms with E-state index in [1.165, 1.54) is 32.1 Å². The predicted octanol–water partition coefficient (Wildman–Crippen LogP) is 7.53. The molecule has 1 saturated carbocycles. The Kier molecular flexibility index (Phi) is 8.40. The second-order valence-corrected chi connectivity index (χ2v) is 12.9. The van der Waals surface area contributed by atoms with Gasteiger partial charge in [-0.2, -0.15) is 0 Å². The zero-order valence-corrected chi connectivity index (χ0v) is 24.7. The van der Waals surface area contributed by atoms with Crippen molar-refractivity contribution >= 4 is 26.7 Å². The first-order chi connectivity index (χ1) is 19.3. The Balaban J connectivity index is 1.42. The molecule has 3 aromatic carbocycles. The fraction of sp³-hybridized carbons (Fsp3) is 0.394. The molecule has 4 aromatic rings. The molecule has 40 heavy (non-hydrogen) atoms. The topological polar surface area (TPSA) is 81.2 Å². The van der Waals surface area contributed by atoms with Gasteiger partial charge in [0.15, 0.2) is 9.84 Å². The molecule has 1 aliphatic carbocycles. The summed E-state index contributed by atoms with van der Waals surface area (Å²) in [6.07, 6.45) is 8.87. The fourth-order valence-corrected chi connectivity index (χ4v) is 7.50. The summed E-state index contributed by atoms with van der Waals surface area (Å²) in [7, 11) is -1.86. The van der Waals surface area contributed by atoms with E-state index in [4.69, 9.17) is 9.72 Å². The zero-order valence-electron chi connectivity index (χ0n) is 23.9. The number of nitrogens with one attached hydrogen (secondary N) is 1. The molecular formula is C33H39N3O3S. The number of sulfone groups is 1. The van der Waals surface area contributed by atoms with Gasteiger partial charge in [0.2, 0.25) is 5.95 Å². The lowest BCUT2D eigenvalue weighted by Gasteiger charge is -2.28. The molecule has 5 rings (SSSR count). The summed E-state index contributed by atoms with van der Waals surface area (Å²) in [5, 5.41) is 4.56. The molecule has 1 heterocycles. The summed E-state index contributed by atoms with van der Waals surface area (Å²) in [5.41, 5.74) is 5.45. The second-order valence-electron chi connectivity index (χ2n) is 10.9. The molecule has 0 aliphatic heterocycles. The van der Waals surface area contributed by atoms with Gasteiger partial charge in [0.1, 0.15) is 5.75 Å². The first kappa shape index (κ1) is 28.1. The molecule has 0 radical (unpaired) electrons. The number of nitrogens with zero attached hydrogens (tertiary/aromatic N) is 2. The predicted molar refractivity (Wildman–Crippen MR) is 163 cm³/mol. The molecule has 6 nitrogen and oxygen atoms in total. The molecular weight excluding hydrogens is 518 g/mol. The average molecular weight is 558 g/mol. The Morgan fingerprint density at radius 2 is 1.77 bits per heavy atom. The maximum Gasteiger partial charge on any atom is 0.223 e. The molecule has 1 N–H and O–H groups in total. The molecule has 7 heteroatoms. The van der Waals surface area contributed by atoms with Crippen molar-refractivity contribution in [3.8, 4) is 16.9 Å². The molecule has 1 fully saturated rings.